The van der Waals surface area contributed by atoms with Crippen LogP contribution in [0.25, 0.3) is 0 Å². The predicted octanol–water partition coefficient (Wildman–Crippen LogP) is 2.88. The Kier molecular flexibility index (Phi) is 5.26. The number of nitrogens with zero attached hydrogens (tertiary/aromatic N) is 1. The quantitative estimate of drug-likeness (QED) is 0.884. The van der Waals surface area contributed by atoms with Crippen LogP contribution in [-0.4, -0.2) is 17.4 Å². The lowest BCUT2D eigenvalue weighted by molar-refractivity contribution is -0.115. The molecule has 0 unspecified atom stereocenters. The third-order valence-electron chi connectivity index (χ3n) is 2.80. The standard InChI is InChI=1S/C15H16BrN3O/c1-11-4-3-7-18-14(11)9-17-10-15(20)19-13-6-2-5-12(16)8-13/h2-8,17H,9-10H2,1H3,(H,19,20). The molecule has 0 spiro atoms. The third kappa shape index (κ3) is 4.43. The summed E-state index contributed by atoms with van der Waals surface area (Å²) in [5, 5.41) is 5.92. The highest BCUT2D eigenvalue weighted by molar-refractivity contribution is 9.10. The number of benzene rings is 1. The number of aryl methyl sites for hydroxylation is 1. The summed E-state index contributed by atoms with van der Waals surface area (Å²) in [5.74, 6) is -0.0725. The van der Waals surface area contributed by atoms with Crippen LogP contribution in [0.3, 0.4) is 0 Å². The van der Waals surface area contributed by atoms with E-state index in [1.54, 1.807) is 6.20 Å². The number of hydrogen-bond donors (Lipinski definition) is 2. The van der Waals surface area contributed by atoms with Crippen molar-refractivity contribution in [1.29, 1.82) is 0 Å². The van der Waals surface area contributed by atoms with Crippen LogP contribution >= 0.6 is 15.9 Å². The second kappa shape index (κ2) is 7.17. The Balaban J connectivity index is 1.80. The van der Waals surface area contributed by atoms with E-state index in [1.807, 2.05) is 43.3 Å². The van der Waals surface area contributed by atoms with Crippen molar-refractivity contribution < 1.29 is 4.79 Å². The Morgan fingerprint density at radius 3 is 2.90 bits per heavy atom. The summed E-state index contributed by atoms with van der Waals surface area (Å²) in [6, 6.07) is 11.4. The van der Waals surface area contributed by atoms with Gasteiger partial charge in [0.1, 0.15) is 0 Å². The van der Waals surface area contributed by atoms with Crippen LogP contribution in [0.4, 0.5) is 5.69 Å². The predicted molar refractivity (Wildman–Crippen MR) is 83.5 cm³/mol. The number of carbonyl (C=O) groups excluding carboxylic acids is 1. The molecule has 0 saturated heterocycles. The van der Waals surface area contributed by atoms with Gasteiger partial charge < -0.3 is 10.6 Å². The minimum atomic E-state index is -0.0725. The lowest BCUT2D eigenvalue weighted by Crippen LogP contribution is -2.28. The minimum Gasteiger partial charge on any atom is -0.325 e. The molecule has 4 nitrogen and oxygen atoms in total. The fourth-order valence-electron chi connectivity index (χ4n) is 1.77. The van der Waals surface area contributed by atoms with Crippen LogP contribution in [-0.2, 0) is 11.3 Å². The first-order valence-corrected chi connectivity index (χ1v) is 7.11. The van der Waals surface area contributed by atoms with Gasteiger partial charge in [-0.3, -0.25) is 9.78 Å². The number of pyridine rings is 1. The number of amides is 1. The first-order chi connectivity index (χ1) is 9.65. The molecule has 20 heavy (non-hydrogen) atoms. The molecular weight excluding hydrogens is 318 g/mol. The second-order valence-corrected chi connectivity index (χ2v) is 5.34. The molecule has 0 bridgehead atoms. The van der Waals surface area contributed by atoms with Gasteiger partial charge in [-0.05, 0) is 36.8 Å². The molecule has 0 saturated carbocycles. The Labute approximate surface area is 126 Å². The fourth-order valence-corrected chi connectivity index (χ4v) is 2.17. The van der Waals surface area contributed by atoms with Gasteiger partial charge >= 0.3 is 0 Å². The third-order valence-corrected chi connectivity index (χ3v) is 3.30. The van der Waals surface area contributed by atoms with Crippen LogP contribution in [0.5, 0.6) is 0 Å². The minimum absolute atomic E-state index is 0.0725. The molecular formula is C15H16BrN3O. The van der Waals surface area contributed by atoms with Crippen molar-refractivity contribution in [1.82, 2.24) is 10.3 Å². The van der Waals surface area contributed by atoms with Gasteiger partial charge in [0, 0.05) is 22.9 Å². The van der Waals surface area contributed by atoms with E-state index in [0.29, 0.717) is 6.54 Å². The van der Waals surface area contributed by atoms with Crippen molar-refractivity contribution in [3.63, 3.8) is 0 Å². The van der Waals surface area contributed by atoms with E-state index in [-0.39, 0.29) is 12.5 Å². The number of halogens is 1. The Morgan fingerprint density at radius 1 is 1.30 bits per heavy atom. The molecule has 104 valence electrons. The molecule has 0 aliphatic rings. The Morgan fingerprint density at radius 2 is 2.15 bits per heavy atom. The average Bonchev–Trinajstić information content (AvgIpc) is 2.41. The molecule has 1 amide bonds. The van der Waals surface area contributed by atoms with Crippen molar-refractivity contribution in [3.8, 4) is 0 Å². The monoisotopic (exact) mass is 333 g/mol. The molecule has 0 aliphatic heterocycles. The van der Waals surface area contributed by atoms with Crippen molar-refractivity contribution in [2.75, 3.05) is 11.9 Å². The van der Waals surface area contributed by atoms with Gasteiger partial charge in [-0.1, -0.05) is 28.1 Å². The number of aromatic nitrogens is 1. The fraction of sp³-hybridized carbons (Fsp3) is 0.200. The van der Waals surface area contributed by atoms with Gasteiger partial charge in [0.2, 0.25) is 5.91 Å². The van der Waals surface area contributed by atoms with Gasteiger partial charge in [-0.15, -0.1) is 0 Å². The first kappa shape index (κ1) is 14.7. The van der Waals surface area contributed by atoms with Crippen molar-refractivity contribution in [2.45, 2.75) is 13.5 Å². The molecule has 0 radical (unpaired) electrons. The van der Waals surface area contributed by atoms with Crippen LogP contribution in [0.1, 0.15) is 11.3 Å². The average molecular weight is 334 g/mol. The molecule has 1 aromatic carbocycles. The normalized spacial score (nSPS) is 10.3. The van der Waals surface area contributed by atoms with Crippen molar-refractivity contribution in [2.24, 2.45) is 0 Å². The molecule has 5 heteroatoms. The second-order valence-electron chi connectivity index (χ2n) is 4.43. The van der Waals surface area contributed by atoms with Crippen LogP contribution < -0.4 is 10.6 Å². The number of rotatable bonds is 5. The lowest BCUT2D eigenvalue weighted by Gasteiger charge is -2.08. The lowest BCUT2D eigenvalue weighted by atomic mass is 10.2. The highest BCUT2D eigenvalue weighted by atomic mass is 79.9. The molecule has 1 heterocycles. The van der Waals surface area contributed by atoms with Gasteiger partial charge in [-0.2, -0.15) is 0 Å². The molecule has 0 aliphatic carbocycles. The van der Waals surface area contributed by atoms with E-state index >= 15 is 0 Å². The number of carbonyl (C=O) groups is 1. The number of nitrogens with one attached hydrogen (secondary N) is 2. The summed E-state index contributed by atoms with van der Waals surface area (Å²) >= 11 is 3.37. The van der Waals surface area contributed by atoms with Crippen LogP contribution in [0.2, 0.25) is 0 Å². The van der Waals surface area contributed by atoms with E-state index < -0.39 is 0 Å². The molecule has 2 rings (SSSR count). The zero-order valence-corrected chi connectivity index (χ0v) is 12.8. The van der Waals surface area contributed by atoms with E-state index in [2.05, 4.69) is 31.5 Å². The van der Waals surface area contributed by atoms with Gasteiger partial charge in [0.25, 0.3) is 0 Å². The summed E-state index contributed by atoms with van der Waals surface area (Å²) in [5.41, 5.74) is 2.86. The summed E-state index contributed by atoms with van der Waals surface area (Å²) in [6.45, 7) is 2.84. The maximum atomic E-state index is 11.8. The van der Waals surface area contributed by atoms with E-state index in [0.717, 1.165) is 21.4 Å². The Bertz CT molecular complexity index is 601. The summed E-state index contributed by atoms with van der Waals surface area (Å²) in [7, 11) is 0. The van der Waals surface area contributed by atoms with Gasteiger partial charge in [0.05, 0.1) is 12.2 Å². The van der Waals surface area contributed by atoms with E-state index in [9.17, 15) is 4.79 Å². The highest BCUT2D eigenvalue weighted by Gasteiger charge is 2.03. The van der Waals surface area contributed by atoms with Gasteiger partial charge in [0.15, 0.2) is 0 Å². The maximum Gasteiger partial charge on any atom is 0.238 e. The molecule has 2 N–H and O–H groups in total. The topological polar surface area (TPSA) is 54.0 Å². The number of anilines is 1. The largest absolute Gasteiger partial charge is 0.325 e. The number of hydrogen-bond acceptors (Lipinski definition) is 3. The molecule has 0 atom stereocenters. The molecule has 1 aromatic heterocycles. The highest BCUT2D eigenvalue weighted by Crippen LogP contribution is 2.15. The van der Waals surface area contributed by atoms with Crippen molar-refractivity contribution >= 4 is 27.5 Å². The van der Waals surface area contributed by atoms with E-state index in [4.69, 9.17) is 0 Å². The van der Waals surface area contributed by atoms with Crippen LogP contribution in [0.15, 0.2) is 47.1 Å². The summed E-state index contributed by atoms with van der Waals surface area (Å²) in [6.07, 6.45) is 1.76. The summed E-state index contributed by atoms with van der Waals surface area (Å²) < 4.78 is 0.937. The first-order valence-electron chi connectivity index (χ1n) is 6.32. The smallest absolute Gasteiger partial charge is 0.238 e. The van der Waals surface area contributed by atoms with E-state index in [1.165, 1.54) is 0 Å². The summed E-state index contributed by atoms with van der Waals surface area (Å²) in [4.78, 5) is 16.1. The Hall–Kier alpha value is -1.72. The maximum absolute atomic E-state index is 11.8. The van der Waals surface area contributed by atoms with Crippen LogP contribution in [0, 0.1) is 6.92 Å². The van der Waals surface area contributed by atoms with Gasteiger partial charge in [-0.25, -0.2) is 0 Å². The van der Waals surface area contributed by atoms with Crippen molar-refractivity contribution in [3.05, 3.63) is 58.3 Å². The zero-order valence-electron chi connectivity index (χ0n) is 11.2. The zero-order chi connectivity index (χ0) is 14.4. The SMILES string of the molecule is Cc1cccnc1CNCC(=O)Nc1cccc(Br)c1. The molecule has 0 fully saturated rings. The molecule has 2 aromatic rings.